The molecule has 102 valence electrons. The van der Waals surface area contributed by atoms with Crippen molar-refractivity contribution in [3.8, 4) is 0 Å². The van der Waals surface area contributed by atoms with E-state index in [0.29, 0.717) is 0 Å². The summed E-state index contributed by atoms with van der Waals surface area (Å²) in [5.41, 5.74) is -0.151. The van der Waals surface area contributed by atoms with Gasteiger partial charge in [-0.25, -0.2) is 4.79 Å². The van der Waals surface area contributed by atoms with E-state index in [1.54, 1.807) is 0 Å². The zero-order chi connectivity index (χ0) is 14.1. The van der Waals surface area contributed by atoms with Gasteiger partial charge in [-0.2, -0.15) is 0 Å². The maximum absolute atomic E-state index is 11.6. The second-order valence-corrected chi connectivity index (χ2v) is 3.47. The summed E-state index contributed by atoms with van der Waals surface area (Å²) in [5.74, 6) is -1.80. The SMILES string of the molecule is C=C(CCNC(=O)C(CO)=C(CO)CO)C(=O)O. The highest BCUT2D eigenvalue weighted by Gasteiger charge is 2.13. The number of aliphatic hydroxyl groups is 3. The Kier molecular flexibility index (Phi) is 7.61. The Morgan fingerprint density at radius 3 is 2.00 bits per heavy atom. The number of hydrogen-bond donors (Lipinski definition) is 5. The summed E-state index contributed by atoms with van der Waals surface area (Å²) in [7, 11) is 0. The van der Waals surface area contributed by atoms with Crippen molar-refractivity contribution in [1.29, 1.82) is 0 Å². The quantitative estimate of drug-likeness (QED) is 0.334. The molecule has 0 aromatic rings. The zero-order valence-corrected chi connectivity index (χ0v) is 9.85. The van der Waals surface area contributed by atoms with Crippen molar-refractivity contribution in [2.75, 3.05) is 26.4 Å². The number of nitrogens with one attached hydrogen (secondary N) is 1. The smallest absolute Gasteiger partial charge is 0.331 e. The van der Waals surface area contributed by atoms with Crippen LogP contribution in [-0.2, 0) is 9.59 Å². The Morgan fingerprint density at radius 2 is 1.61 bits per heavy atom. The molecule has 0 aromatic carbocycles. The molecule has 0 unspecified atom stereocenters. The first-order valence-corrected chi connectivity index (χ1v) is 5.20. The molecule has 0 saturated heterocycles. The molecule has 0 rings (SSSR count). The molecule has 0 aliphatic carbocycles. The molecule has 5 N–H and O–H groups in total. The van der Waals surface area contributed by atoms with E-state index in [1.807, 2.05) is 0 Å². The van der Waals surface area contributed by atoms with Crippen LogP contribution in [0.4, 0.5) is 0 Å². The number of carbonyl (C=O) groups is 2. The largest absolute Gasteiger partial charge is 0.478 e. The third-order valence-corrected chi connectivity index (χ3v) is 2.26. The Morgan fingerprint density at radius 1 is 1.06 bits per heavy atom. The molecule has 1 amide bonds. The number of aliphatic carboxylic acids is 1. The molecule has 0 saturated carbocycles. The molecule has 0 aliphatic rings. The number of carbonyl (C=O) groups excluding carboxylic acids is 1. The van der Waals surface area contributed by atoms with Crippen molar-refractivity contribution in [1.82, 2.24) is 5.32 Å². The summed E-state index contributed by atoms with van der Waals surface area (Å²) >= 11 is 0. The fraction of sp³-hybridized carbons (Fsp3) is 0.455. The van der Waals surface area contributed by atoms with E-state index in [9.17, 15) is 9.59 Å². The summed E-state index contributed by atoms with van der Waals surface area (Å²) in [4.78, 5) is 22.0. The first kappa shape index (κ1) is 16.3. The van der Waals surface area contributed by atoms with Crippen LogP contribution in [0.2, 0.25) is 0 Å². The average molecular weight is 259 g/mol. The average Bonchev–Trinajstić information content (AvgIpc) is 2.35. The molecule has 0 fully saturated rings. The summed E-state index contributed by atoms with van der Waals surface area (Å²) in [6, 6.07) is 0. The molecule has 0 radical (unpaired) electrons. The van der Waals surface area contributed by atoms with E-state index >= 15 is 0 Å². The first-order valence-electron chi connectivity index (χ1n) is 5.20. The van der Waals surface area contributed by atoms with Crippen molar-refractivity contribution in [2.45, 2.75) is 6.42 Å². The third kappa shape index (κ3) is 5.09. The number of amides is 1. The predicted octanol–water partition coefficient (Wildman–Crippen LogP) is -1.59. The second kappa shape index (κ2) is 8.40. The lowest BCUT2D eigenvalue weighted by molar-refractivity contribution is -0.132. The Hall–Kier alpha value is -1.70. The number of hydrogen-bond acceptors (Lipinski definition) is 5. The lowest BCUT2D eigenvalue weighted by atomic mass is 10.1. The minimum atomic E-state index is -1.14. The lowest BCUT2D eigenvalue weighted by Gasteiger charge is -2.10. The maximum Gasteiger partial charge on any atom is 0.331 e. The van der Waals surface area contributed by atoms with E-state index in [4.69, 9.17) is 20.4 Å². The maximum atomic E-state index is 11.6. The van der Waals surface area contributed by atoms with Gasteiger partial charge in [0.25, 0.3) is 0 Å². The van der Waals surface area contributed by atoms with Gasteiger partial charge >= 0.3 is 5.97 Å². The Labute approximate surface area is 104 Å². The highest BCUT2D eigenvalue weighted by Crippen LogP contribution is 2.04. The molecule has 0 spiro atoms. The fourth-order valence-electron chi connectivity index (χ4n) is 1.13. The third-order valence-electron chi connectivity index (χ3n) is 2.26. The van der Waals surface area contributed by atoms with Crippen LogP contribution in [0.25, 0.3) is 0 Å². The molecule has 0 aliphatic heterocycles. The number of carboxylic acids is 1. The highest BCUT2D eigenvalue weighted by molar-refractivity contribution is 5.94. The van der Waals surface area contributed by atoms with Crippen molar-refractivity contribution < 1.29 is 30.0 Å². The second-order valence-electron chi connectivity index (χ2n) is 3.47. The van der Waals surface area contributed by atoms with Crippen LogP contribution in [-0.4, -0.2) is 58.7 Å². The molecule has 7 heteroatoms. The Bertz CT molecular complexity index is 355. The minimum Gasteiger partial charge on any atom is -0.478 e. The lowest BCUT2D eigenvalue weighted by Crippen LogP contribution is -2.30. The van der Waals surface area contributed by atoms with E-state index in [0.717, 1.165) is 0 Å². The standard InChI is InChI=1S/C11H17NO6/c1-7(11(17)18)2-3-12-10(16)9(6-15)8(4-13)5-14/h13-15H,1-6H2,(H,12,16)(H,17,18). The predicted molar refractivity (Wildman–Crippen MR) is 62.7 cm³/mol. The first-order chi connectivity index (χ1) is 8.47. The van der Waals surface area contributed by atoms with Gasteiger partial charge < -0.3 is 25.7 Å². The van der Waals surface area contributed by atoms with E-state index in [1.165, 1.54) is 0 Å². The summed E-state index contributed by atoms with van der Waals surface area (Å²) in [6.45, 7) is 1.63. The molecule has 0 heterocycles. The molecule has 7 nitrogen and oxygen atoms in total. The highest BCUT2D eigenvalue weighted by atomic mass is 16.4. The molecule has 0 atom stereocenters. The van der Waals surface area contributed by atoms with Gasteiger partial charge in [0.05, 0.1) is 19.8 Å². The summed E-state index contributed by atoms with van der Waals surface area (Å²) in [5, 5.41) is 37.6. The minimum absolute atomic E-state index is 0.0204. The van der Waals surface area contributed by atoms with Crippen molar-refractivity contribution in [2.24, 2.45) is 0 Å². The van der Waals surface area contributed by atoms with Gasteiger partial charge in [-0.1, -0.05) is 6.58 Å². The van der Waals surface area contributed by atoms with Crippen LogP contribution in [0, 0.1) is 0 Å². The van der Waals surface area contributed by atoms with Crippen LogP contribution in [0.5, 0.6) is 0 Å². The molecule has 0 bridgehead atoms. The van der Waals surface area contributed by atoms with Gasteiger partial charge in [0, 0.05) is 17.7 Å². The van der Waals surface area contributed by atoms with Crippen LogP contribution in [0.15, 0.2) is 23.3 Å². The van der Waals surface area contributed by atoms with Crippen molar-refractivity contribution in [3.63, 3.8) is 0 Å². The van der Waals surface area contributed by atoms with Crippen molar-refractivity contribution in [3.05, 3.63) is 23.3 Å². The van der Waals surface area contributed by atoms with Gasteiger partial charge in [0.2, 0.25) is 5.91 Å². The van der Waals surface area contributed by atoms with E-state index in [-0.39, 0.29) is 29.7 Å². The van der Waals surface area contributed by atoms with Crippen LogP contribution in [0.1, 0.15) is 6.42 Å². The van der Waals surface area contributed by atoms with Gasteiger partial charge in [-0.15, -0.1) is 0 Å². The van der Waals surface area contributed by atoms with Crippen molar-refractivity contribution >= 4 is 11.9 Å². The number of rotatable bonds is 8. The normalized spacial score (nSPS) is 9.72. The van der Waals surface area contributed by atoms with Gasteiger partial charge in [-0.05, 0) is 12.0 Å². The Balaban J connectivity index is 4.43. The van der Waals surface area contributed by atoms with E-state index < -0.39 is 31.7 Å². The fourth-order valence-corrected chi connectivity index (χ4v) is 1.13. The zero-order valence-electron chi connectivity index (χ0n) is 9.85. The van der Waals surface area contributed by atoms with Gasteiger partial charge in [-0.3, -0.25) is 4.79 Å². The summed E-state index contributed by atoms with van der Waals surface area (Å²) < 4.78 is 0. The van der Waals surface area contributed by atoms with Crippen LogP contribution in [0.3, 0.4) is 0 Å². The van der Waals surface area contributed by atoms with Gasteiger partial charge in [0.1, 0.15) is 0 Å². The monoisotopic (exact) mass is 259 g/mol. The molecular formula is C11H17NO6. The number of aliphatic hydroxyl groups excluding tert-OH is 3. The number of carboxylic acid groups (broad SMARTS) is 1. The van der Waals surface area contributed by atoms with E-state index in [2.05, 4.69) is 11.9 Å². The van der Waals surface area contributed by atoms with Gasteiger partial charge in [0.15, 0.2) is 0 Å². The summed E-state index contributed by atoms with van der Waals surface area (Å²) in [6.07, 6.45) is 0.0629. The van der Waals surface area contributed by atoms with Crippen LogP contribution >= 0.6 is 0 Å². The molecule has 18 heavy (non-hydrogen) atoms. The topological polar surface area (TPSA) is 127 Å². The van der Waals surface area contributed by atoms with Crippen LogP contribution < -0.4 is 5.32 Å². The molecule has 0 aromatic heterocycles. The molecular weight excluding hydrogens is 242 g/mol.